The topological polar surface area (TPSA) is 47.0 Å². The number of aliphatic hydroxyl groups is 1. The van der Waals surface area contributed by atoms with Crippen molar-refractivity contribution >= 4 is 6.03 Å². The summed E-state index contributed by atoms with van der Waals surface area (Å²) in [6, 6.07) is 0.827. The number of likely N-dealkylation sites (tertiary alicyclic amines) is 2. The molecule has 0 aromatic rings. The molecule has 2 aliphatic heterocycles. The van der Waals surface area contributed by atoms with Crippen LogP contribution in [0.15, 0.2) is 0 Å². The van der Waals surface area contributed by atoms with Crippen molar-refractivity contribution < 1.29 is 9.90 Å². The van der Waals surface area contributed by atoms with Gasteiger partial charge in [-0.3, -0.25) is 4.90 Å². The van der Waals surface area contributed by atoms with E-state index in [1.165, 1.54) is 6.42 Å². The molecule has 0 aromatic carbocycles. The number of nitrogens with zero attached hydrogens (tertiary/aromatic N) is 3. The zero-order chi connectivity index (χ0) is 14.5. The maximum Gasteiger partial charge on any atom is 0.320 e. The van der Waals surface area contributed by atoms with Crippen LogP contribution >= 0.6 is 0 Å². The van der Waals surface area contributed by atoms with Crippen molar-refractivity contribution in [1.29, 1.82) is 0 Å². The second-order valence-corrected chi connectivity index (χ2v) is 5.92. The molecule has 5 heteroatoms. The SMILES string of the molecule is CCN(CC)C(=O)N1CCC[C@H]1CN1CCC[C@@H]1CO. The van der Waals surface area contributed by atoms with Gasteiger partial charge in [-0.1, -0.05) is 0 Å². The second-order valence-electron chi connectivity index (χ2n) is 5.92. The smallest absolute Gasteiger partial charge is 0.320 e. The van der Waals surface area contributed by atoms with Gasteiger partial charge in [0.1, 0.15) is 0 Å². The van der Waals surface area contributed by atoms with Crippen LogP contribution in [0.1, 0.15) is 39.5 Å². The largest absolute Gasteiger partial charge is 0.395 e. The number of carbonyl (C=O) groups is 1. The first-order valence-corrected chi connectivity index (χ1v) is 8.11. The highest BCUT2D eigenvalue weighted by atomic mass is 16.3. The zero-order valence-corrected chi connectivity index (χ0v) is 12.9. The van der Waals surface area contributed by atoms with Gasteiger partial charge in [-0.25, -0.2) is 4.79 Å². The Balaban J connectivity index is 1.95. The molecule has 2 amide bonds. The van der Waals surface area contributed by atoms with Crippen LogP contribution in [-0.2, 0) is 0 Å². The van der Waals surface area contributed by atoms with Crippen molar-refractivity contribution in [1.82, 2.24) is 14.7 Å². The molecule has 2 saturated heterocycles. The van der Waals surface area contributed by atoms with E-state index in [-0.39, 0.29) is 12.6 Å². The van der Waals surface area contributed by atoms with Gasteiger partial charge in [0.2, 0.25) is 0 Å². The van der Waals surface area contributed by atoms with Gasteiger partial charge in [0.05, 0.1) is 6.61 Å². The quantitative estimate of drug-likeness (QED) is 0.829. The molecule has 2 atom stereocenters. The fourth-order valence-corrected chi connectivity index (χ4v) is 3.57. The van der Waals surface area contributed by atoms with Crippen molar-refractivity contribution in [3.63, 3.8) is 0 Å². The molecule has 0 unspecified atom stereocenters. The third-order valence-corrected chi connectivity index (χ3v) is 4.81. The first-order chi connectivity index (χ1) is 9.71. The summed E-state index contributed by atoms with van der Waals surface area (Å²) < 4.78 is 0. The van der Waals surface area contributed by atoms with E-state index in [4.69, 9.17) is 0 Å². The van der Waals surface area contributed by atoms with Crippen LogP contribution in [0.3, 0.4) is 0 Å². The standard InChI is InChI=1S/C15H29N3O2/c1-3-16(4-2)15(20)18-10-6-7-13(18)11-17-9-5-8-14(17)12-19/h13-14,19H,3-12H2,1-2H3/t13-,14+/m0/s1. The molecule has 1 N–H and O–H groups in total. The minimum atomic E-state index is 0.192. The Morgan fingerprint density at radius 1 is 1.15 bits per heavy atom. The predicted molar refractivity (Wildman–Crippen MR) is 79.7 cm³/mol. The molecule has 0 radical (unpaired) electrons. The van der Waals surface area contributed by atoms with Crippen molar-refractivity contribution in [2.24, 2.45) is 0 Å². The first kappa shape index (κ1) is 15.6. The molecule has 0 saturated carbocycles. The predicted octanol–water partition coefficient (Wildman–Crippen LogP) is 1.37. The van der Waals surface area contributed by atoms with E-state index >= 15 is 0 Å². The average molecular weight is 283 g/mol. The molecule has 116 valence electrons. The van der Waals surface area contributed by atoms with E-state index < -0.39 is 0 Å². The Morgan fingerprint density at radius 2 is 1.80 bits per heavy atom. The van der Waals surface area contributed by atoms with Crippen molar-refractivity contribution in [2.75, 3.05) is 39.3 Å². The van der Waals surface area contributed by atoms with Crippen LogP contribution in [0.25, 0.3) is 0 Å². The second kappa shape index (κ2) is 7.27. The van der Waals surface area contributed by atoms with E-state index in [0.29, 0.717) is 12.1 Å². The normalized spacial score (nSPS) is 27.2. The number of urea groups is 1. The zero-order valence-electron chi connectivity index (χ0n) is 12.9. The Kier molecular flexibility index (Phi) is 5.66. The summed E-state index contributed by atoms with van der Waals surface area (Å²) in [5, 5.41) is 9.42. The van der Waals surface area contributed by atoms with Crippen molar-refractivity contribution in [3.8, 4) is 0 Å². The van der Waals surface area contributed by atoms with Gasteiger partial charge in [-0.2, -0.15) is 0 Å². The summed E-state index contributed by atoms with van der Waals surface area (Å²) >= 11 is 0. The van der Waals surface area contributed by atoms with Crippen LogP contribution in [0.2, 0.25) is 0 Å². The minimum absolute atomic E-state index is 0.192. The van der Waals surface area contributed by atoms with Crippen LogP contribution in [0.4, 0.5) is 4.79 Å². The Morgan fingerprint density at radius 3 is 2.45 bits per heavy atom. The lowest BCUT2D eigenvalue weighted by molar-refractivity contribution is 0.114. The molecular weight excluding hydrogens is 254 g/mol. The Hall–Kier alpha value is -0.810. The highest BCUT2D eigenvalue weighted by Gasteiger charge is 2.34. The number of carbonyl (C=O) groups excluding carboxylic acids is 1. The van der Waals surface area contributed by atoms with E-state index in [1.807, 2.05) is 18.7 Å². The fraction of sp³-hybridized carbons (Fsp3) is 0.933. The number of aliphatic hydroxyl groups excluding tert-OH is 1. The van der Waals surface area contributed by atoms with Gasteiger partial charge in [-0.05, 0) is 46.1 Å². The van der Waals surface area contributed by atoms with E-state index in [2.05, 4.69) is 9.80 Å². The summed E-state index contributed by atoms with van der Waals surface area (Å²) in [5.74, 6) is 0. The van der Waals surface area contributed by atoms with Gasteiger partial charge >= 0.3 is 6.03 Å². The third-order valence-electron chi connectivity index (χ3n) is 4.81. The van der Waals surface area contributed by atoms with Crippen molar-refractivity contribution in [2.45, 2.75) is 51.6 Å². The molecule has 0 spiro atoms. The highest BCUT2D eigenvalue weighted by Crippen LogP contribution is 2.24. The summed E-state index contributed by atoms with van der Waals surface area (Å²) in [6.07, 6.45) is 4.46. The maximum atomic E-state index is 12.5. The van der Waals surface area contributed by atoms with Gasteiger partial charge in [0, 0.05) is 38.3 Å². The fourth-order valence-electron chi connectivity index (χ4n) is 3.57. The van der Waals surface area contributed by atoms with Gasteiger partial charge in [0.25, 0.3) is 0 Å². The van der Waals surface area contributed by atoms with Crippen LogP contribution in [0.5, 0.6) is 0 Å². The van der Waals surface area contributed by atoms with Crippen LogP contribution in [-0.4, -0.2) is 77.3 Å². The lowest BCUT2D eigenvalue weighted by Gasteiger charge is -2.34. The molecule has 2 aliphatic rings. The number of amides is 2. The summed E-state index contributed by atoms with van der Waals surface area (Å²) in [6.45, 7) is 8.76. The Bertz CT molecular complexity index is 320. The highest BCUT2D eigenvalue weighted by molar-refractivity contribution is 5.75. The summed E-state index contributed by atoms with van der Waals surface area (Å²) in [5.41, 5.74) is 0. The van der Waals surface area contributed by atoms with E-state index in [9.17, 15) is 9.90 Å². The lowest BCUT2D eigenvalue weighted by atomic mass is 10.2. The monoisotopic (exact) mass is 283 g/mol. The average Bonchev–Trinajstić information content (AvgIpc) is 3.09. The van der Waals surface area contributed by atoms with Gasteiger partial charge < -0.3 is 14.9 Å². The minimum Gasteiger partial charge on any atom is -0.395 e. The van der Waals surface area contributed by atoms with Crippen LogP contribution < -0.4 is 0 Å². The molecular formula is C15H29N3O2. The number of hydrogen-bond acceptors (Lipinski definition) is 3. The molecule has 2 fully saturated rings. The lowest BCUT2D eigenvalue weighted by Crippen LogP contribution is -2.50. The molecule has 2 heterocycles. The summed E-state index contributed by atoms with van der Waals surface area (Å²) in [4.78, 5) is 18.9. The molecule has 0 aliphatic carbocycles. The van der Waals surface area contributed by atoms with E-state index in [0.717, 1.165) is 52.0 Å². The number of rotatable bonds is 5. The molecule has 0 aromatic heterocycles. The van der Waals surface area contributed by atoms with Crippen LogP contribution in [0, 0.1) is 0 Å². The molecule has 20 heavy (non-hydrogen) atoms. The maximum absolute atomic E-state index is 12.5. The molecule has 0 bridgehead atoms. The van der Waals surface area contributed by atoms with E-state index in [1.54, 1.807) is 0 Å². The first-order valence-electron chi connectivity index (χ1n) is 8.11. The number of hydrogen-bond donors (Lipinski definition) is 1. The third kappa shape index (κ3) is 3.26. The summed E-state index contributed by atoms with van der Waals surface area (Å²) in [7, 11) is 0. The molecule has 5 nitrogen and oxygen atoms in total. The van der Waals surface area contributed by atoms with Gasteiger partial charge in [-0.15, -0.1) is 0 Å². The molecule has 2 rings (SSSR count). The van der Waals surface area contributed by atoms with Gasteiger partial charge in [0.15, 0.2) is 0 Å². The Labute approximate surface area is 122 Å². The van der Waals surface area contributed by atoms with Crippen molar-refractivity contribution in [3.05, 3.63) is 0 Å².